The zero-order valence-electron chi connectivity index (χ0n) is 6.91. The molecule has 0 fully saturated rings. The maximum atomic E-state index is 4.28. The third-order valence-electron chi connectivity index (χ3n) is 1.82. The minimum absolute atomic E-state index is 0.743. The van der Waals surface area contributed by atoms with Crippen LogP contribution in [-0.4, -0.2) is 4.98 Å². The van der Waals surface area contributed by atoms with Crippen molar-refractivity contribution < 1.29 is 0 Å². The van der Waals surface area contributed by atoms with Gasteiger partial charge in [0, 0.05) is 11.8 Å². The molecule has 0 bridgehead atoms. The number of nitrogens with zero attached hydrogens (tertiary/aromatic N) is 1. The van der Waals surface area contributed by atoms with E-state index in [9.17, 15) is 0 Å². The van der Waals surface area contributed by atoms with Crippen LogP contribution in [-0.2, 0) is 0 Å². The van der Waals surface area contributed by atoms with Gasteiger partial charge >= 0.3 is 0 Å². The molecule has 1 aromatic heterocycles. The summed E-state index contributed by atoms with van der Waals surface area (Å²) < 4.78 is 0. The van der Waals surface area contributed by atoms with Gasteiger partial charge in [-0.1, -0.05) is 29.8 Å². The van der Waals surface area contributed by atoms with Gasteiger partial charge in [-0.2, -0.15) is 0 Å². The summed E-state index contributed by atoms with van der Waals surface area (Å²) in [6.45, 7) is 2.10. The van der Waals surface area contributed by atoms with Crippen molar-refractivity contribution in [1.29, 1.82) is 0 Å². The van der Waals surface area contributed by atoms with Crippen LogP contribution in [0.4, 0.5) is 0 Å². The molecule has 0 aliphatic heterocycles. The lowest BCUT2D eigenvalue weighted by Crippen LogP contribution is -1.75. The minimum atomic E-state index is 0.743. The SMILES string of the molecule is Cc1ccc(-c2ncc[pH]2)cc1. The van der Waals surface area contributed by atoms with E-state index in [4.69, 9.17) is 0 Å². The highest BCUT2D eigenvalue weighted by Crippen LogP contribution is 2.25. The molecular formula is C10H10NP. The first-order chi connectivity index (χ1) is 5.86. The van der Waals surface area contributed by atoms with Gasteiger partial charge in [0.15, 0.2) is 0 Å². The van der Waals surface area contributed by atoms with E-state index >= 15 is 0 Å². The van der Waals surface area contributed by atoms with E-state index in [2.05, 4.69) is 42.0 Å². The van der Waals surface area contributed by atoms with Gasteiger partial charge in [0.05, 0.1) is 5.43 Å². The van der Waals surface area contributed by atoms with Crippen molar-refractivity contribution in [3.8, 4) is 11.0 Å². The van der Waals surface area contributed by atoms with Gasteiger partial charge in [-0.15, -0.1) is 8.19 Å². The average molecular weight is 175 g/mol. The molecule has 0 radical (unpaired) electrons. The van der Waals surface area contributed by atoms with Gasteiger partial charge in [-0.25, -0.2) is 0 Å². The molecule has 1 atom stereocenters. The lowest BCUT2D eigenvalue weighted by Gasteiger charge is -1.96. The molecular weight excluding hydrogens is 165 g/mol. The van der Waals surface area contributed by atoms with Crippen molar-refractivity contribution in [3.63, 3.8) is 0 Å². The fraction of sp³-hybridized carbons (Fsp3) is 0.100. The topological polar surface area (TPSA) is 12.9 Å². The number of hydrogen-bond donors (Lipinski definition) is 0. The average Bonchev–Trinajstić information content (AvgIpc) is 2.58. The lowest BCUT2D eigenvalue weighted by molar-refractivity contribution is 1.40. The Morgan fingerprint density at radius 2 is 1.92 bits per heavy atom. The highest BCUT2D eigenvalue weighted by molar-refractivity contribution is 7.32. The van der Waals surface area contributed by atoms with Crippen LogP contribution in [0.1, 0.15) is 5.56 Å². The van der Waals surface area contributed by atoms with Gasteiger partial charge in [-0.05, 0) is 12.7 Å². The Morgan fingerprint density at radius 1 is 1.17 bits per heavy atom. The van der Waals surface area contributed by atoms with Crippen LogP contribution in [0.5, 0.6) is 0 Å². The molecule has 2 aromatic rings. The van der Waals surface area contributed by atoms with Gasteiger partial charge in [0.2, 0.25) is 0 Å². The first-order valence-corrected chi connectivity index (χ1v) is 5.00. The second-order valence-corrected chi connectivity index (χ2v) is 3.90. The largest absolute Gasteiger partial charge is 0.252 e. The fourth-order valence-electron chi connectivity index (χ4n) is 1.13. The van der Waals surface area contributed by atoms with Gasteiger partial charge in [-0.3, -0.25) is 4.98 Å². The predicted molar refractivity (Wildman–Crippen MR) is 53.9 cm³/mol. The molecule has 0 spiro atoms. The van der Waals surface area contributed by atoms with Crippen LogP contribution in [0.25, 0.3) is 11.0 Å². The second kappa shape index (κ2) is 3.12. The number of aryl methyl sites for hydroxylation is 1. The van der Waals surface area contributed by atoms with Crippen LogP contribution >= 0.6 is 8.19 Å². The van der Waals surface area contributed by atoms with Crippen molar-refractivity contribution in [2.24, 2.45) is 0 Å². The van der Waals surface area contributed by atoms with Crippen molar-refractivity contribution in [2.75, 3.05) is 0 Å². The second-order valence-electron chi connectivity index (χ2n) is 2.80. The highest BCUT2D eigenvalue weighted by atomic mass is 31.0. The number of benzene rings is 1. The smallest absolute Gasteiger partial charge is 0.0858 e. The zero-order valence-corrected chi connectivity index (χ0v) is 7.91. The monoisotopic (exact) mass is 175 g/mol. The Kier molecular flexibility index (Phi) is 1.97. The predicted octanol–water partition coefficient (Wildman–Crippen LogP) is 3.09. The Balaban J connectivity index is 2.43. The van der Waals surface area contributed by atoms with Crippen molar-refractivity contribution >= 4 is 8.19 Å². The Hall–Kier alpha value is -1.07. The van der Waals surface area contributed by atoms with Crippen LogP contribution in [0.3, 0.4) is 0 Å². The van der Waals surface area contributed by atoms with Gasteiger partial charge in [0.25, 0.3) is 0 Å². The number of aromatic nitrogens is 1. The molecule has 0 N–H and O–H groups in total. The fourth-order valence-corrected chi connectivity index (χ4v) is 1.92. The first kappa shape index (κ1) is 7.57. The van der Waals surface area contributed by atoms with Crippen LogP contribution in [0.15, 0.2) is 36.3 Å². The van der Waals surface area contributed by atoms with Crippen LogP contribution < -0.4 is 0 Å². The van der Waals surface area contributed by atoms with Crippen LogP contribution in [0.2, 0.25) is 0 Å². The molecule has 2 rings (SSSR count). The summed E-state index contributed by atoms with van der Waals surface area (Å²) in [6.07, 6.45) is 1.88. The Labute approximate surface area is 73.6 Å². The summed E-state index contributed by atoms with van der Waals surface area (Å²) in [4.78, 5) is 4.28. The van der Waals surface area contributed by atoms with Gasteiger partial charge < -0.3 is 0 Å². The van der Waals surface area contributed by atoms with E-state index in [1.54, 1.807) is 0 Å². The maximum Gasteiger partial charge on any atom is 0.0858 e. The van der Waals surface area contributed by atoms with E-state index < -0.39 is 0 Å². The molecule has 0 saturated heterocycles. The molecule has 0 aliphatic rings. The van der Waals surface area contributed by atoms with Crippen molar-refractivity contribution in [1.82, 2.24) is 4.98 Å². The van der Waals surface area contributed by atoms with Crippen molar-refractivity contribution in [2.45, 2.75) is 6.92 Å². The van der Waals surface area contributed by atoms with E-state index in [1.807, 2.05) is 6.20 Å². The molecule has 1 unspecified atom stereocenters. The number of hydrogen-bond acceptors (Lipinski definition) is 1. The summed E-state index contributed by atoms with van der Waals surface area (Å²) in [5, 5.41) is 0. The van der Waals surface area contributed by atoms with E-state index in [0.717, 1.165) is 8.19 Å². The molecule has 12 heavy (non-hydrogen) atoms. The van der Waals surface area contributed by atoms with E-state index in [1.165, 1.54) is 16.6 Å². The highest BCUT2D eigenvalue weighted by Gasteiger charge is 1.96. The molecule has 1 heterocycles. The third-order valence-corrected chi connectivity index (χ3v) is 2.83. The standard InChI is InChI=1S/C10H10NP/c1-8-2-4-9(5-3-8)10-11-6-7-12-10/h2-7,12H,1H3. The third kappa shape index (κ3) is 1.41. The Bertz CT molecular complexity index is 348. The number of rotatable bonds is 1. The lowest BCUT2D eigenvalue weighted by atomic mass is 10.2. The maximum absolute atomic E-state index is 4.28. The van der Waals surface area contributed by atoms with E-state index in [-0.39, 0.29) is 0 Å². The molecule has 60 valence electrons. The normalized spacial score (nSPS) is 10.8. The summed E-state index contributed by atoms with van der Waals surface area (Å²) in [5.41, 5.74) is 3.76. The molecule has 0 amide bonds. The first-order valence-electron chi connectivity index (χ1n) is 3.93. The van der Waals surface area contributed by atoms with E-state index in [0.29, 0.717) is 0 Å². The van der Waals surface area contributed by atoms with Gasteiger partial charge in [0.1, 0.15) is 0 Å². The molecule has 0 saturated carbocycles. The van der Waals surface area contributed by atoms with Crippen molar-refractivity contribution in [3.05, 3.63) is 41.8 Å². The summed E-state index contributed by atoms with van der Waals surface area (Å²) in [6, 6.07) is 8.52. The minimum Gasteiger partial charge on any atom is -0.252 e. The summed E-state index contributed by atoms with van der Waals surface area (Å²) >= 11 is 0. The molecule has 2 heteroatoms. The summed E-state index contributed by atoms with van der Waals surface area (Å²) in [5.74, 6) is 2.11. The zero-order chi connectivity index (χ0) is 8.39. The summed E-state index contributed by atoms with van der Waals surface area (Å²) in [7, 11) is 0.743. The van der Waals surface area contributed by atoms with Crippen LogP contribution in [0, 0.1) is 6.92 Å². The molecule has 1 aromatic carbocycles. The molecule has 1 nitrogen and oxygen atoms in total. The Morgan fingerprint density at radius 3 is 2.50 bits per heavy atom. The quantitative estimate of drug-likeness (QED) is 0.649. The molecule has 0 aliphatic carbocycles.